The van der Waals surface area contributed by atoms with E-state index in [4.69, 9.17) is 9.41 Å². The normalized spacial score (nSPS) is 15.7. The second kappa shape index (κ2) is 9.18. The molecule has 3 nitrogen and oxygen atoms in total. The number of hydrogen-bond donors (Lipinski definition) is 0. The highest BCUT2D eigenvalue weighted by molar-refractivity contribution is 6.13. The standard InChI is InChI=1S/C35H30N2O/c1-23(36-24(2)26-17-19-30-29-14-7-4-8-16-34(29)38-35(30)22-26)25-18-20-33-31(21-25)28-13-9-10-15-32(28)37(33)27-11-5-3-6-12-27/h5,7,9-15,17-22H,2-4,6,8,16H2,1H3. The van der Waals surface area contributed by atoms with Gasteiger partial charge in [0.05, 0.1) is 16.7 Å². The van der Waals surface area contributed by atoms with Crippen LogP contribution in [-0.4, -0.2) is 10.3 Å². The second-order valence-corrected chi connectivity index (χ2v) is 10.3. The smallest absolute Gasteiger partial charge is 0.135 e. The van der Waals surface area contributed by atoms with E-state index in [1.165, 1.54) is 38.5 Å². The van der Waals surface area contributed by atoms with Crippen molar-refractivity contribution in [3.05, 3.63) is 114 Å². The summed E-state index contributed by atoms with van der Waals surface area (Å²) in [5, 5.41) is 3.66. The lowest BCUT2D eigenvalue weighted by atomic mass is 10.1. The molecule has 0 radical (unpaired) electrons. The van der Waals surface area contributed by atoms with E-state index in [-0.39, 0.29) is 0 Å². The van der Waals surface area contributed by atoms with Crippen LogP contribution in [0.3, 0.4) is 0 Å². The first-order chi connectivity index (χ1) is 18.7. The molecule has 0 spiro atoms. The van der Waals surface area contributed by atoms with Crippen molar-refractivity contribution >= 4 is 56.0 Å². The van der Waals surface area contributed by atoms with Crippen LogP contribution in [0.15, 0.2) is 101 Å². The minimum Gasteiger partial charge on any atom is -0.460 e. The van der Waals surface area contributed by atoms with Gasteiger partial charge in [-0.2, -0.15) is 0 Å². The topological polar surface area (TPSA) is 30.4 Å². The van der Waals surface area contributed by atoms with Crippen molar-refractivity contribution in [1.29, 1.82) is 0 Å². The molecule has 3 aromatic carbocycles. The number of benzene rings is 3. The molecule has 3 heteroatoms. The molecule has 5 aromatic rings. The summed E-state index contributed by atoms with van der Waals surface area (Å²) in [5.41, 5.74) is 9.61. The maximum Gasteiger partial charge on any atom is 0.135 e. The number of rotatable bonds is 4. The maximum absolute atomic E-state index is 6.24. The van der Waals surface area contributed by atoms with Gasteiger partial charge in [0.25, 0.3) is 0 Å². The monoisotopic (exact) mass is 494 g/mol. The quantitative estimate of drug-likeness (QED) is 0.229. The number of aryl methyl sites for hydroxylation is 1. The van der Waals surface area contributed by atoms with Crippen LogP contribution < -0.4 is 0 Å². The van der Waals surface area contributed by atoms with E-state index in [1.807, 2.05) is 0 Å². The molecule has 2 heterocycles. The number of allylic oxidation sites excluding steroid dienone is 5. The van der Waals surface area contributed by atoms with Gasteiger partial charge in [-0.3, -0.25) is 4.99 Å². The molecular formula is C35H30N2O. The fourth-order valence-corrected chi connectivity index (χ4v) is 5.87. The molecule has 0 atom stereocenters. The van der Waals surface area contributed by atoms with Gasteiger partial charge >= 0.3 is 0 Å². The summed E-state index contributed by atoms with van der Waals surface area (Å²) in [6.07, 6.45) is 16.7. The van der Waals surface area contributed by atoms with Crippen molar-refractivity contribution in [3.63, 3.8) is 0 Å². The molecule has 0 saturated carbocycles. The van der Waals surface area contributed by atoms with E-state index in [0.29, 0.717) is 0 Å². The van der Waals surface area contributed by atoms with E-state index in [9.17, 15) is 0 Å². The van der Waals surface area contributed by atoms with Crippen LogP contribution in [-0.2, 0) is 6.42 Å². The van der Waals surface area contributed by atoms with Crippen molar-refractivity contribution in [1.82, 2.24) is 4.57 Å². The third-order valence-corrected chi connectivity index (χ3v) is 7.82. The molecule has 7 rings (SSSR count). The van der Waals surface area contributed by atoms with E-state index in [1.54, 1.807) is 0 Å². The average molecular weight is 495 g/mol. The van der Waals surface area contributed by atoms with E-state index < -0.39 is 0 Å². The molecule has 2 aliphatic rings. The summed E-state index contributed by atoms with van der Waals surface area (Å²) in [6, 6.07) is 21.7. The zero-order valence-electron chi connectivity index (χ0n) is 21.7. The van der Waals surface area contributed by atoms with E-state index >= 15 is 0 Å². The fraction of sp³-hybridized carbons (Fsp3) is 0.171. The van der Waals surface area contributed by atoms with Gasteiger partial charge < -0.3 is 8.98 Å². The van der Waals surface area contributed by atoms with Crippen LogP contribution in [0.25, 0.3) is 50.2 Å². The number of aromatic nitrogens is 1. The summed E-state index contributed by atoms with van der Waals surface area (Å²) < 4.78 is 8.62. The Balaban J connectivity index is 1.26. The number of para-hydroxylation sites is 1. The summed E-state index contributed by atoms with van der Waals surface area (Å²) in [5.74, 6) is 1.09. The Morgan fingerprint density at radius 1 is 0.842 bits per heavy atom. The molecule has 0 saturated heterocycles. The predicted octanol–water partition coefficient (Wildman–Crippen LogP) is 9.56. The highest BCUT2D eigenvalue weighted by atomic mass is 16.3. The second-order valence-electron chi connectivity index (χ2n) is 10.3. The largest absolute Gasteiger partial charge is 0.460 e. The maximum atomic E-state index is 6.24. The van der Waals surface area contributed by atoms with Gasteiger partial charge in [-0.15, -0.1) is 0 Å². The third kappa shape index (κ3) is 3.78. The van der Waals surface area contributed by atoms with Crippen LogP contribution in [0, 0.1) is 0 Å². The number of fused-ring (bicyclic) bond motifs is 6. The molecule has 2 aliphatic carbocycles. The van der Waals surface area contributed by atoms with Gasteiger partial charge in [-0.05, 0) is 74.6 Å². The van der Waals surface area contributed by atoms with Crippen LogP contribution in [0.4, 0.5) is 0 Å². The van der Waals surface area contributed by atoms with Crippen LogP contribution >= 0.6 is 0 Å². The first-order valence-electron chi connectivity index (χ1n) is 13.5. The SMILES string of the molecule is C=C(N=C(C)c1ccc2c(c1)c1ccccc1n2C1=CCCC=C1)c1ccc2c3c(oc2c1)CCCC=C3. The average Bonchev–Trinajstić information content (AvgIpc) is 3.37. The lowest BCUT2D eigenvalue weighted by Gasteiger charge is -2.12. The highest BCUT2D eigenvalue weighted by Gasteiger charge is 2.16. The molecule has 186 valence electrons. The van der Waals surface area contributed by atoms with Crippen molar-refractivity contribution in [2.75, 3.05) is 0 Å². The molecule has 0 N–H and O–H groups in total. The first-order valence-corrected chi connectivity index (χ1v) is 13.5. The Kier molecular flexibility index (Phi) is 5.51. The predicted molar refractivity (Wildman–Crippen MR) is 162 cm³/mol. The summed E-state index contributed by atoms with van der Waals surface area (Å²) >= 11 is 0. The lowest BCUT2D eigenvalue weighted by molar-refractivity contribution is 0.540. The minimum absolute atomic E-state index is 0.742. The number of nitrogens with zero attached hydrogens (tertiary/aromatic N) is 2. The Morgan fingerprint density at radius 3 is 2.58 bits per heavy atom. The number of aliphatic imine (C=N–C) groups is 1. The van der Waals surface area contributed by atoms with Crippen LogP contribution in [0.5, 0.6) is 0 Å². The molecule has 0 bridgehead atoms. The van der Waals surface area contributed by atoms with Crippen LogP contribution in [0.1, 0.15) is 55.1 Å². The molecule has 0 fully saturated rings. The van der Waals surface area contributed by atoms with Crippen molar-refractivity contribution in [2.45, 2.75) is 39.0 Å². The molecular weight excluding hydrogens is 464 g/mol. The fourth-order valence-electron chi connectivity index (χ4n) is 5.87. The molecule has 0 aliphatic heterocycles. The molecule has 0 amide bonds. The zero-order chi connectivity index (χ0) is 25.6. The Labute approximate surface area is 222 Å². The van der Waals surface area contributed by atoms with Gasteiger partial charge in [0.1, 0.15) is 11.3 Å². The zero-order valence-corrected chi connectivity index (χ0v) is 21.7. The summed E-state index contributed by atoms with van der Waals surface area (Å²) in [4.78, 5) is 4.94. The number of hydrogen-bond acceptors (Lipinski definition) is 2. The van der Waals surface area contributed by atoms with E-state index in [2.05, 4.69) is 109 Å². The third-order valence-electron chi connectivity index (χ3n) is 7.82. The molecule has 38 heavy (non-hydrogen) atoms. The minimum atomic E-state index is 0.742. The first kappa shape index (κ1) is 22.8. The summed E-state index contributed by atoms with van der Waals surface area (Å²) in [7, 11) is 0. The van der Waals surface area contributed by atoms with Crippen LogP contribution in [0.2, 0.25) is 0 Å². The summed E-state index contributed by atoms with van der Waals surface area (Å²) in [6.45, 7) is 6.38. The van der Waals surface area contributed by atoms with E-state index in [0.717, 1.165) is 66.0 Å². The van der Waals surface area contributed by atoms with Crippen molar-refractivity contribution in [3.8, 4) is 0 Å². The Morgan fingerprint density at radius 2 is 1.68 bits per heavy atom. The van der Waals surface area contributed by atoms with Gasteiger partial charge in [0.2, 0.25) is 0 Å². The van der Waals surface area contributed by atoms with Gasteiger partial charge in [0, 0.05) is 45.1 Å². The van der Waals surface area contributed by atoms with Gasteiger partial charge in [-0.25, -0.2) is 0 Å². The van der Waals surface area contributed by atoms with Crippen molar-refractivity contribution < 1.29 is 4.42 Å². The van der Waals surface area contributed by atoms with Crippen molar-refractivity contribution in [2.24, 2.45) is 4.99 Å². The number of furan rings is 1. The molecule has 2 aromatic heterocycles. The Hall–Kier alpha value is -4.37. The molecule has 0 unspecified atom stereocenters. The lowest BCUT2D eigenvalue weighted by Crippen LogP contribution is -1.98. The Bertz CT molecular complexity index is 1870. The van der Waals surface area contributed by atoms with Gasteiger partial charge in [-0.1, -0.05) is 61.2 Å². The van der Waals surface area contributed by atoms with Gasteiger partial charge in [0.15, 0.2) is 0 Å². The highest BCUT2D eigenvalue weighted by Crippen LogP contribution is 2.35.